The summed E-state index contributed by atoms with van der Waals surface area (Å²) >= 11 is 5.84. The lowest BCUT2D eigenvalue weighted by atomic mass is 10.2. The summed E-state index contributed by atoms with van der Waals surface area (Å²) in [6, 6.07) is 7.62. The molecule has 0 radical (unpaired) electrons. The number of quaternary nitrogens is 2. The molecule has 0 aliphatic carbocycles. The molecule has 0 amide bonds. The van der Waals surface area contributed by atoms with Crippen molar-refractivity contribution in [3.05, 3.63) is 34.9 Å². The molecule has 3 N–H and O–H groups in total. The molecular formula is C16H27ClN2O2+2. The lowest BCUT2D eigenvalue weighted by Gasteiger charge is -2.30. The largest absolute Gasteiger partial charge is 0.385 e. The topological polar surface area (TPSA) is 38.3 Å². The van der Waals surface area contributed by atoms with Gasteiger partial charge in [-0.15, -0.1) is 0 Å². The summed E-state index contributed by atoms with van der Waals surface area (Å²) in [7, 11) is 0. The predicted molar refractivity (Wildman–Crippen MR) is 83.9 cm³/mol. The molecule has 4 nitrogen and oxygen atoms in total. The number of aliphatic hydroxyl groups excluding tert-OH is 1. The van der Waals surface area contributed by atoms with Crippen molar-refractivity contribution in [3.63, 3.8) is 0 Å². The van der Waals surface area contributed by atoms with Gasteiger partial charge in [0.15, 0.2) is 0 Å². The molecule has 2 rings (SSSR count). The second kappa shape index (κ2) is 8.71. The van der Waals surface area contributed by atoms with Gasteiger partial charge in [-0.2, -0.15) is 0 Å². The van der Waals surface area contributed by atoms with Gasteiger partial charge in [0.25, 0.3) is 0 Å². The summed E-state index contributed by atoms with van der Waals surface area (Å²) in [6.07, 6.45) is -0.379. The van der Waals surface area contributed by atoms with E-state index in [2.05, 4.69) is 6.92 Å². The average Bonchev–Trinajstić information content (AvgIpc) is 2.50. The maximum absolute atomic E-state index is 10.1. The van der Waals surface area contributed by atoms with Crippen molar-refractivity contribution in [2.75, 3.05) is 45.9 Å². The van der Waals surface area contributed by atoms with Crippen molar-refractivity contribution in [2.24, 2.45) is 0 Å². The zero-order valence-corrected chi connectivity index (χ0v) is 13.5. The molecule has 0 saturated carbocycles. The number of rotatable bonds is 7. The monoisotopic (exact) mass is 314 g/mol. The summed E-state index contributed by atoms with van der Waals surface area (Å²) in [4.78, 5) is 3.17. The van der Waals surface area contributed by atoms with Gasteiger partial charge in [-0.25, -0.2) is 0 Å². The fourth-order valence-corrected chi connectivity index (χ4v) is 2.93. The predicted octanol–water partition coefficient (Wildman–Crippen LogP) is -0.979. The van der Waals surface area contributed by atoms with Crippen LogP contribution in [-0.2, 0) is 11.3 Å². The number of hydrogen-bond acceptors (Lipinski definition) is 2. The van der Waals surface area contributed by atoms with E-state index in [4.69, 9.17) is 16.3 Å². The van der Waals surface area contributed by atoms with Crippen molar-refractivity contribution in [3.8, 4) is 0 Å². The third-order valence-corrected chi connectivity index (χ3v) is 4.43. The highest BCUT2D eigenvalue weighted by Crippen LogP contribution is 2.10. The Labute approximate surface area is 132 Å². The van der Waals surface area contributed by atoms with Crippen molar-refractivity contribution >= 4 is 11.6 Å². The van der Waals surface area contributed by atoms with Crippen LogP contribution in [0.2, 0.25) is 5.02 Å². The number of ether oxygens (including phenoxy) is 1. The van der Waals surface area contributed by atoms with Crippen LogP contribution >= 0.6 is 11.6 Å². The Bertz CT molecular complexity index is 405. The van der Waals surface area contributed by atoms with Crippen LogP contribution in [-0.4, -0.2) is 57.1 Å². The molecule has 0 spiro atoms. The van der Waals surface area contributed by atoms with E-state index in [1.54, 1.807) is 4.90 Å². The molecule has 1 aliphatic heterocycles. The molecule has 5 heteroatoms. The third kappa shape index (κ3) is 5.93. The van der Waals surface area contributed by atoms with E-state index in [-0.39, 0.29) is 6.10 Å². The minimum Gasteiger partial charge on any atom is -0.385 e. The van der Waals surface area contributed by atoms with E-state index < -0.39 is 0 Å². The lowest BCUT2D eigenvalue weighted by molar-refractivity contribution is -1.01. The SMILES string of the molecule is CC[NH+]1CC[NH+](CC(O)COCc2ccc(Cl)cc2)CC1. The van der Waals surface area contributed by atoms with Crippen LogP contribution in [0.3, 0.4) is 0 Å². The second-order valence-electron chi connectivity index (χ2n) is 5.85. The smallest absolute Gasteiger partial charge is 0.127 e. The highest BCUT2D eigenvalue weighted by atomic mass is 35.5. The van der Waals surface area contributed by atoms with Crippen molar-refractivity contribution in [1.29, 1.82) is 0 Å². The minimum absolute atomic E-state index is 0.379. The highest BCUT2D eigenvalue weighted by molar-refractivity contribution is 6.30. The molecule has 1 atom stereocenters. The molecule has 0 aromatic heterocycles. The van der Waals surface area contributed by atoms with Crippen LogP contribution in [0.15, 0.2) is 24.3 Å². The van der Waals surface area contributed by atoms with E-state index in [1.807, 2.05) is 24.3 Å². The molecule has 1 aromatic carbocycles. The van der Waals surface area contributed by atoms with Gasteiger partial charge < -0.3 is 19.6 Å². The molecule has 118 valence electrons. The highest BCUT2D eigenvalue weighted by Gasteiger charge is 2.23. The Morgan fingerprint density at radius 2 is 1.76 bits per heavy atom. The molecular weight excluding hydrogens is 288 g/mol. The summed E-state index contributed by atoms with van der Waals surface area (Å²) in [5.41, 5.74) is 1.08. The maximum atomic E-state index is 10.1. The summed E-state index contributed by atoms with van der Waals surface area (Å²) in [5.74, 6) is 0. The number of benzene rings is 1. The van der Waals surface area contributed by atoms with Crippen LogP contribution < -0.4 is 9.80 Å². The molecule has 1 saturated heterocycles. The summed E-state index contributed by atoms with van der Waals surface area (Å²) in [5, 5.41) is 10.8. The van der Waals surface area contributed by atoms with Gasteiger partial charge in [0.2, 0.25) is 0 Å². The molecule has 1 heterocycles. The van der Waals surface area contributed by atoms with Gasteiger partial charge in [-0.1, -0.05) is 23.7 Å². The first-order valence-corrected chi connectivity index (χ1v) is 8.22. The van der Waals surface area contributed by atoms with Gasteiger partial charge in [0.1, 0.15) is 38.8 Å². The molecule has 21 heavy (non-hydrogen) atoms. The number of hydrogen-bond donors (Lipinski definition) is 3. The van der Waals surface area contributed by atoms with Crippen LogP contribution in [0.4, 0.5) is 0 Å². The van der Waals surface area contributed by atoms with Crippen LogP contribution in [0, 0.1) is 0 Å². The first kappa shape index (κ1) is 16.7. The Hall–Kier alpha value is -0.650. The first-order chi connectivity index (χ1) is 10.2. The van der Waals surface area contributed by atoms with Crippen molar-refractivity contribution in [1.82, 2.24) is 0 Å². The second-order valence-corrected chi connectivity index (χ2v) is 6.29. The molecule has 1 fully saturated rings. The zero-order chi connectivity index (χ0) is 15.1. The molecule has 1 aromatic rings. The number of aliphatic hydroxyl groups is 1. The van der Waals surface area contributed by atoms with Crippen molar-refractivity contribution in [2.45, 2.75) is 19.6 Å². The van der Waals surface area contributed by atoms with Crippen molar-refractivity contribution < 1.29 is 19.6 Å². The van der Waals surface area contributed by atoms with E-state index in [9.17, 15) is 5.11 Å². The van der Waals surface area contributed by atoms with Gasteiger partial charge in [0, 0.05) is 5.02 Å². The van der Waals surface area contributed by atoms with E-state index >= 15 is 0 Å². The fraction of sp³-hybridized carbons (Fsp3) is 0.625. The number of nitrogens with one attached hydrogen (secondary N) is 2. The van der Waals surface area contributed by atoms with Crippen LogP contribution in [0.5, 0.6) is 0 Å². The molecule has 1 aliphatic rings. The Balaban J connectivity index is 1.61. The average molecular weight is 315 g/mol. The third-order valence-electron chi connectivity index (χ3n) is 4.18. The number of likely N-dealkylation sites (N-methyl/N-ethyl adjacent to an activating group) is 1. The Morgan fingerprint density at radius 1 is 1.14 bits per heavy atom. The maximum Gasteiger partial charge on any atom is 0.127 e. The van der Waals surface area contributed by atoms with Crippen LogP contribution in [0.1, 0.15) is 12.5 Å². The van der Waals surface area contributed by atoms with Gasteiger partial charge in [-0.05, 0) is 24.6 Å². The Morgan fingerprint density at radius 3 is 2.38 bits per heavy atom. The van der Waals surface area contributed by atoms with E-state index in [0.717, 1.165) is 30.2 Å². The van der Waals surface area contributed by atoms with Gasteiger partial charge >= 0.3 is 0 Å². The minimum atomic E-state index is -0.379. The standard InChI is InChI=1S/C16H25ClN2O2/c1-2-18-7-9-19(10-8-18)11-16(20)13-21-12-14-3-5-15(17)6-4-14/h3-6,16,20H,2,7-13H2,1H3/p+2. The lowest BCUT2D eigenvalue weighted by Crippen LogP contribution is -3.28. The number of piperazine rings is 1. The first-order valence-electron chi connectivity index (χ1n) is 7.84. The number of halogens is 1. The summed E-state index contributed by atoms with van der Waals surface area (Å²) in [6.45, 7) is 9.88. The fourth-order valence-electron chi connectivity index (χ4n) is 2.80. The van der Waals surface area contributed by atoms with Crippen LogP contribution in [0.25, 0.3) is 0 Å². The van der Waals surface area contributed by atoms with Gasteiger partial charge in [0.05, 0.1) is 19.8 Å². The Kier molecular flexibility index (Phi) is 6.93. The normalized spacial score (nSPS) is 24.0. The van der Waals surface area contributed by atoms with E-state index in [0.29, 0.717) is 13.2 Å². The van der Waals surface area contributed by atoms with Gasteiger partial charge in [-0.3, -0.25) is 0 Å². The summed E-state index contributed by atoms with van der Waals surface area (Å²) < 4.78 is 5.59. The zero-order valence-electron chi connectivity index (χ0n) is 12.8. The molecule has 0 bridgehead atoms. The molecule has 1 unspecified atom stereocenters. The van der Waals surface area contributed by atoms with E-state index in [1.165, 1.54) is 24.5 Å². The quantitative estimate of drug-likeness (QED) is 0.605.